The lowest BCUT2D eigenvalue weighted by atomic mass is 9.53. The van der Waals surface area contributed by atoms with E-state index in [1.54, 1.807) is 18.2 Å². The largest absolute Gasteiger partial charge is 0.469 e. The van der Waals surface area contributed by atoms with E-state index >= 15 is 0 Å². The molecule has 0 spiro atoms. The van der Waals surface area contributed by atoms with Crippen LogP contribution in [-0.4, -0.2) is 32.1 Å². The first kappa shape index (κ1) is 17.2. The van der Waals surface area contributed by atoms with Gasteiger partial charge >= 0.3 is 11.9 Å². The number of hydrogen-bond donors (Lipinski definition) is 1. The van der Waals surface area contributed by atoms with E-state index in [1.165, 1.54) is 14.2 Å². The molecule has 1 saturated carbocycles. The number of benzene rings is 1. The van der Waals surface area contributed by atoms with Crippen molar-refractivity contribution in [3.8, 4) is 0 Å². The fourth-order valence-corrected chi connectivity index (χ4v) is 4.04. The topological polar surface area (TPSA) is 81.7 Å². The van der Waals surface area contributed by atoms with E-state index in [-0.39, 0.29) is 11.8 Å². The predicted octanol–water partition coefficient (Wildman–Crippen LogP) is 2.17. The van der Waals surface area contributed by atoms with Gasteiger partial charge < -0.3 is 14.8 Å². The van der Waals surface area contributed by atoms with Gasteiger partial charge in [0.1, 0.15) is 0 Å². The number of methoxy groups -OCH3 is 2. The van der Waals surface area contributed by atoms with Gasteiger partial charge in [-0.05, 0) is 30.9 Å². The zero-order valence-corrected chi connectivity index (χ0v) is 14.2. The molecule has 1 aromatic rings. The van der Waals surface area contributed by atoms with Crippen molar-refractivity contribution in [3.05, 3.63) is 42.5 Å². The van der Waals surface area contributed by atoms with Gasteiger partial charge in [0.15, 0.2) is 0 Å². The number of carbonyl (C=O) groups excluding carboxylic acids is 3. The summed E-state index contributed by atoms with van der Waals surface area (Å²) in [5.74, 6) is -3.08. The van der Waals surface area contributed by atoms with Crippen LogP contribution in [-0.2, 0) is 23.9 Å². The van der Waals surface area contributed by atoms with Crippen LogP contribution in [0.4, 0.5) is 5.69 Å². The van der Waals surface area contributed by atoms with Crippen LogP contribution in [0.2, 0.25) is 0 Å². The third kappa shape index (κ3) is 2.81. The van der Waals surface area contributed by atoms with Gasteiger partial charge in [0.05, 0.1) is 31.5 Å². The first-order chi connectivity index (χ1) is 12.0. The number of amides is 1. The standard InChI is InChI=1S/C19H21NO5/c1-24-16(21)14-12-8-10-19(11-9-12,15(14)17(22)25-2)18(23)20-13-6-4-3-5-7-13/h3-8,10,12,14-15H,9,11H2,1-2H3,(H,20,23)/t12-,14+,15-,19+/m0/s1. The highest BCUT2D eigenvalue weighted by atomic mass is 16.5. The molecular weight excluding hydrogens is 322 g/mol. The third-order valence-corrected chi connectivity index (χ3v) is 5.29. The van der Waals surface area contributed by atoms with Crippen molar-refractivity contribution in [1.29, 1.82) is 0 Å². The van der Waals surface area contributed by atoms with E-state index in [9.17, 15) is 14.4 Å². The van der Waals surface area contributed by atoms with Gasteiger partial charge in [0, 0.05) is 5.69 Å². The summed E-state index contributed by atoms with van der Waals surface area (Å²) in [6.45, 7) is 0. The number of esters is 2. The van der Waals surface area contributed by atoms with Gasteiger partial charge in [-0.25, -0.2) is 0 Å². The van der Waals surface area contributed by atoms with E-state index < -0.39 is 29.2 Å². The zero-order valence-electron chi connectivity index (χ0n) is 14.2. The number of nitrogens with one attached hydrogen (secondary N) is 1. The Labute approximate surface area is 146 Å². The molecule has 0 unspecified atom stereocenters. The smallest absolute Gasteiger partial charge is 0.310 e. The monoisotopic (exact) mass is 343 g/mol. The van der Waals surface area contributed by atoms with E-state index in [0.29, 0.717) is 18.5 Å². The normalized spacial score (nSPS) is 29.8. The second-order valence-corrected chi connectivity index (χ2v) is 6.47. The van der Waals surface area contributed by atoms with Crippen molar-refractivity contribution in [2.45, 2.75) is 12.8 Å². The summed E-state index contributed by atoms with van der Waals surface area (Å²) in [4.78, 5) is 37.9. The van der Waals surface area contributed by atoms with Crippen LogP contribution < -0.4 is 5.32 Å². The molecule has 0 aliphatic heterocycles. The Bertz CT molecular complexity index is 714. The number of anilines is 1. The second kappa shape index (κ2) is 6.70. The molecule has 1 aromatic carbocycles. The molecular formula is C19H21NO5. The SMILES string of the molecule is COC(=O)[C@H]1[C@@H](C(=O)OC)[C@@]2(C(=O)Nc3ccccc3)C=C[C@H]1CC2. The van der Waals surface area contributed by atoms with Crippen molar-refractivity contribution in [3.63, 3.8) is 0 Å². The summed E-state index contributed by atoms with van der Waals surface area (Å²) in [5.41, 5.74) is -0.475. The first-order valence-corrected chi connectivity index (χ1v) is 8.25. The number of rotatable bonds is 4. The lowest BCUT2D eigenvalue weighted by molar-refractivity contribution is -0.171. The lowest BCUT2D eigenvalue weighted by Crippen LogP contribution is -2.57. The molecule has 4 rings (SSSR count). The number of allylic oxidation sites excluding steroid dienone is 1. The van der Waals surface area contributed by atoms with E-state index in [0.717, 1.165) is 0 Å². The van der Waals surface area contributed by atoms with Crippen LogP contribution in [0.5, 0.6) is 0 Å². The maximum atomic E-state index is 13.1. The minimum absolute atomic E-state index is 0.122. The van der Waals surface area contributed by atoms with E-state index in [1.807, 2.05) is 24.3 Å². The molecule has 132 valence electrons. The second-order valence-electron chi connectivity index (χ2n) is 6.47. The summed E-state index contributed by atoms with van der Waals surface area (Å²) in [5, 5.41) is 2.86. The average Bonchev–Trinajstić information content (AvgIpc) is 2.67. The molecule has 1 fully saturated rings. The van der Waals surface area contributed by atoms with Crippen LogP contribution in [0.3, 0.4) is 0 Å². The average molecular weight is 343 g/mol. The van der Waals surface area contributed by atoms with Gasteiger partial charge in [-0.15, -0.1) is 0 Å². The highest BCUT2D eigenvalue weighted by molar-refractivity contribution is 6.01. The summed E-state index contributed by atoms with van der Waals surface area (Å²) >= 11 is 0. The summed E-state index contributed by atoms with van der Waals surface area (Å²) < 4.78 is 9.83. The molecule has 6 nitrogen and oxygen atoms in total. The maximum absolute atomic E-state index is 13.1. The quantitative estimate of drug-likeness (QED) is 0.669. The Hall–Kier alpha value is -2.63. The molecule has 1 N–H and O–H groups in total. The number of fused-ring (bicyclic) bond motifs is 2. The molecule has 25 heavy (non-hydrogen) atoms. The van der Waals surface area contributed by atoms with Crippen molar-refractivity contribution in [2.75, 3.05) is 19.5 Å². The molecule has 3 aliphatic rings. The van der Waals surface area contributed by atoms with Crippen molar-refractivity contribution in [1.82, 2.24) is 0 Å². The molecule has 1 amide bonds. The predicted molar refractivity (Wildman–Crippen MR) is 90.4 cm³/mol. The third-order valence-electron chi connectivity index (χ3n) is 5.29. The fraction of sp³-hybridized carbons (Fsp3) is 0.421. The molecule has 6 heteroatoms. The highest BCUT2D eigenvalue weighted by Gasteiger charge is 2.60. The minimum Gasteiger partial charge on any atom is -0.469 e. The van der Waals surface area contributed by atoms with Crippen molar-refractivity contribution >= 4 is 23.5 Å². The van der Waals surface area contributed by atoms with E-state index in [2.05, 4.69) is 5.32 Å². The van der Waals surface area contributed by atoms with Gasteiger partial charge in [-0.1, -0.05) is 30.4 Å². The molecule has 0 aromatic heterocycles. The summed E-state index contributed by atoms with van der Waals surface area (Å²) in [7, 11) is 2.56. The highest BCUT2D eigenvalue weighted by Crippen LogP contribution is 2.54. The number of hydrogen-bond acceptors (Lipinski definition) is 5. The van der Waals surface area contributed by atoms with Crippen LogP contribution in [0.15, 0.2) is 42.5 Å². The Balaban J connectivity index is 1.99. The first-order valence-electron chi connectivity index (χ1n) is 8.25. The van der Waals surface area contributed by atoms with Crippen LogP contribution in [0.1, 0.15) is 12.8 Å². The van der Waals surface area contributed by atoms with Gasteiger partial charge in [0.25, 0.3) is 0 Å². The Morgan fingerprint density at radius 2 is 1.76 bits per heavy atom. The molecule has 0 saturated heterocycles. The molecule has 0 heterocycles. The summed E-state index contributed by atoms with van der Waals surface area (Å²) in [6, 6.07) is 9.03. The van der Waals surface area contributed by atoms with Gasteiger partial charge in [0.2, 0.25) is 5.91 Å². The number of para-hydroxylation sites is 1. The minimum atomic E-state index is -1.11. The number of ether oxygens (including phenoxy) is 2. The number of carbonyl (C=O) groups is 3. The Morgan fingerprint density at radius 3 is 2.32 bits per heavy atom. The fourth-order valence-electron chi connectivity index (χ4n) is 4.04. The summed E-state index contributed by atoms with van der Waals surface area (Å²) in [6.07, 6.45) is 4.75. The maximum Gasteiger partial charge on any atom is 0.310 e. The lowest BCUT2D eigenvalue weighted by Gasteiger charge is -2.49. The van der Waals surface area contributed by atoms with Crippen LogP contribution in [0.25, 0.3) is 0 Å². The molecule has 4 atom stereocenters. The molecule has 2 bridgehead atoms. The van der Waals surface area contributed by atoms with Crippen LogP contribution >= 0.6 is 0 Å². The van der Waals surface area contributed by atoms with Crippen LogP contribution in [0, 0.1) is 23.2 Å². The van der Waals surface area contributed by atoms with Gasteiger partial charge in [-0.3, -0.25) is 14.4 Å². The van der Waals surface area contributed by atoms with Gasteiger partial charge in [-0.2, -0.15) is 0 Å². The zero-order chi connectivity index (χ0) is 18.0. The van der Waals surface area contributed by atoms with Crippen molar-refractivity contribution < 1.29 is 23.9 Å². The van der Waals surface area contributed by atoms with E-state index in [4.69, 9.17) is 9.47 Å². The Morgan fingerprint density at radius 1 is 1.08 bits per heavy atom. The molecule has 3 aliphatic carbocycles. The van der Waals surface area contributed by atoms with Crippen molar-refractivity contribution in [2.24, 2.45) is 23.2 Å². The molecule has 0 radical (unpaired) electrons. The Kier molecular flexibility index (Phi) is 4.61.